The minimum atomic E-state index is -0.801. The van der Waals surface area contributed by atoms with Crippen LogP contribution in [0.1, 0.15) is 285 Å². The van der Waals surface area contributed by atoms with Crippen LogP contribution in [-0.2, 0) is 28.6 Å². The molecule has 0 radical (unpaired) electrons. The predicted octanol–water partition coefficient (Wildman–Crippen LogP) is 18.5. The quantitative estimate of drug-likeness (QED) is 0.0262. The van der Waals surface area contributed by atoms with E-state index < -0.39 is 5.41 Å². The third-order valence-electron chi connectivity index (χ3n) is 12.4. The number of esters is 3. The standard InChI is InChI=1S/C59H106O6/c1-5-8-11-14-17-20-23-26-29-32-35-38-41-44-47-50-56(60)63-53-59(4,54-64-57(61)51-48-45-42-39-36-33-30-27-24-21-18-15-12-9-6-2)55-65-58(62)52-49-46-43-40-37-34-31-28-25-22-19-16-13-10-7-3/h17,20,26-31H,5-16,18-19,21-25,32-55H2,1-4H3/b20-17+,29-26+,30-27+,31-28+. The second-order valence-electron chi connectivity index (χ2n) is 19.4. The molecule has 0 aliphatic heterocycles. The van der Waals surface area contributed by atoms with Gasteiger partial charge in [-0.3, -0.25) is 14.4 Å². The number of hydrogen-bond donors (Lipinski definition) is 0. The van der Waals surface area contributed by atoms with Gasteiger partial charge in [0, 0.05) is 19.3 Å². The first-order valence-electron chi connectivity index (χ1n) is 27.9. The highest BCUT2D eigenvalue weighted by Gasteiger charge is 2.31. The average Bonchev–Trinajstić information content (AvgIpc) is 3.30. The molecular weight excluding hydrogens is 805 g/mol. The van der Waals surface area contributed by atoms with Crippen LogP contribution < -0.4 is 0 Å². The van der Waals surface area contributed by atoms with Gasteiger partial charge >= 0.3 is 17.9 Å². The van der Waals surface area contributed by atoms with E-state index in [0.717, 1.165) is 89.9 Å². The van der Waals surface area contributed by atoms with E-state index in [4.69, 9.17) is 14.2 Å². The lowest BCUT2D eigenvalue weighted by molar-refractivity contribution is -0.160. The molecule has 6 nitrogen and oxygen atoms in total. The van der Waals surface area contributed by atoms with Gasteiger partial charge in [0.1, 0.15) is 19.8 Å². The van der Waals surface area contributed by atoms with Gasteiger partial charge in [0.05, 0.1) is 5.41 Å². The molecule has 0 saturated heterocycles. The minimum Gasteiger partial charge on any atom is -0.465 e. The van der Waals surface area contributed by atoms with E-state index in [-0.39, 0.29) is 37.7 Å². The molecule has 0 fully saturated rings. The van der Waals surface area contributed by atoms with Crippen molar-refractivity contribution in [2.75, 3.05) is 19.8 Å². The number of carbonyl (C=O) groups is 3. The molecule has 0 bridgehead atoms. The molecule has 0 aromatic carbocycles. The summed E-state index contributed by atoms with van der Waals surface area (Å²) in [6, 6.07) is 0. The summed E-state index contributed by atoms with van der Waals surface area (Å²) < 4.78 is 17.2. The molecule has 0 amide bonds. The van der Waals surface area contributed by atoms with E-state index in [9.17, 15) is 14.4 Å². The Bertz CT molecular complexity index is 1110. The molecule has 378 valence electrons. The van der Waals surface area contributed by atoms with Gasteiger partial charge in [-0.15, -0.1) is 0 Å². The van der Waals surface area contributed by atoms with Crippen LogP contribution >= 0.6 is 0 Å². The van der Waals surface area contributed by atoms with Crippen molar-refractivity contribution in [3.8, 4) is 0 Å². The number of carbonyl (C=O) groups excluding carboxylic acids is 3. The molecule has 6 heteroatoms. The summed E-state index contributed by atoms with van der Waals surface area (Å²) in [6.07, 6.45) is 63.5. The molecule has 0 aliphatic carbocycles. The van der Waals surface area contributed by atoms with Crippen molar-refractivity contribution < 1.29 is 28.6 Å². The Morgan fingerprint density at radius 1 is 0.308 bits per heavy atom. The van der Waals surface area contributed by atoms with Crippen LogP contribution in [0, 0.1) is 5.41 Å². The Morgan fingerprint density at radius 2 is 0.523 bits per heavy atom. The fraction of sp³-hybridized carbons (Fsp3) is 0.814. The normalized spacial score (nSPS) is 12.1. The van der Waals surface area contributed by atoms with E-state index in [1.54, 1.807) is 0 Å². The van der Waals surface area contributed by atoms with Crippen molar-refractivity contribution in [3.05, 3.63) is 48.6 Å². The van der Waals surface area contributed by atoms with E-state index in [0.29, 0.717) is 19.3 Å². The molecule has 0 N–H and O–H groups in total. The molecule has 0 unspecified atom stereocenters. The van der Waals surface area contributed by atoms with Crippen LogP contribution in [0.15, 0.2) is 48.6 Å². The zero-order chi connectivity index (χ0) is 47.4. The van der Waals surface area contributed by atoms with Gasteiger partial charge in [-0.2, -0.15) is 0 Å². The molecule has 0 aliphatic rings. The number of allylic oxidation sites excluding steroid dienone is 8. The third-order valence-corrected chi connectivity index (χ3v) is 12.4. The van der Waals surface area contributed by atoms with Gasteiger partial charge in [-0.1, -0.05) is 204 Å². The van der Waals surface area contributed by atoms with Crippen LogP contribution in [0.3, 0.4) is 0 Å². The number of unbranched alkanes of at least 4 members (excludes halogenated alkanes) is 30. The molecule has 0 atom stereocenters. The van der Waals surface area contributed by atoms with E-state index in [1.807, 2.05) is 6.92 Å². The maximum atomic E-state index is 12.8. The summed E-state index contributed by atoms with van der Waals surface area (Å²) in [5.41, 5.74) is -0.801. The Hall–Kier alpha value is -2.63. The molecule has 0 aromatic rings. The zero-order valence-corrected chi connectivity index (χ0v) is 43.5. The molecule has 0 spiro atoms. The van der Waals surface area contributed by atoms with Crippen LogP contribution in [0.25, 0.3) is 0 Å². The summed E-state index contributed by atoms with van der Waals surface area (Å²) >= 11 is 0. The topological polar surface area (TPSA) is 78.9 Å². The van der Waals surface area contributed by atoms with Gasteiger partial charge < -0.3 is 14.2 Å². The van der Waals surface area contributed by atoms with Crippen molar-refractivity contribution in [2.45, 2.75) is 285 Å². The molecule has 0 aromatic heterocycles. The lowest BCUT2D eigenvalue weighted by Crippen LogP contribution is -2.37. The van der Waals surface area contributed by atoms with Gasteiger partial charge in [0.15, 0.2) is 0 Å². The first kappa shape index (κ1) is 62.4. The van der Waals surface area contributed by atoms with Crippen LogP contribution in [0.4, 0.5) is 0 Å². The third kappa shape index (κ3) is 49.1. The summed E-state index contributed by atoms with van der Waals surface area (Å²) in [4.78, 5) is 38.3. The Balaban J connectivity index is 4.53. The number of rotatable bonds is 50. The Labute approximate surface area is 403 Å². The molecule has 0 rings (SSSR count). The minimum absolute atomic E-state index is 0.0491. The summed E-state index contributed by atoms with van der Waals surface area (Å²) in [5.74, 6) is -0.740. The Kier molecular flexibility index (Phi) is 48.7. The summed E-state index contributed by atoms with van der Waals surface area (Å²) in [7, 11) is 0. The van der Waals surface area contributed by atoms with Crippen LogP contribution in [-0.4, -0.2) is 37.7 Å². The SMILES string of the molecule is CCCCC/C=C/C/C=C/CCCCCCCC(=O)OCC(C)(COC(=O)CCCCCCC/C=C/CCCCCCCC)COC(=O)CCCCCCC/C=C/CCCCCCCC. The van der Waals surface area contributed by atoms with Gasteiger partial charge in [-0.05, 0) is 110 Å². The highest BCUT2D eigenvalue weighted by molar-refractivity contribution is 5.70. The largest absolute Gasteiger partial charge is 0.465 e. The van der Waals surface area contributed by atoms with Crippen LogP contribution in [0.2, 0.25) is 0 Å². The molecule has 0 saturated carbocycles. The van der Waals surface area contributed by atoms with Crippen molar-refractivity contribution in [1.29, 1.82) is 0 Å². The average molecular weight is 911 g/mol. The number of hydrogen-bond acceptors (Lipinski definition) is 6. The maximum absolute atomic E-state index is 12.8. The highest BCUT2D eigenvalue weighted by atomic mass is 16.6. The van der Waals surface area contributed by atoms with Crippen molar-refractivity contribution in [3.63, 3.8) is 0 Å². The summed E-state index contributed by atoms with van der Waals surface area (Å²) in [5, 5.41) is 0. The van der Waals surface area contributed by atoms with Crippen LogP contribution in [0.5, 0.6) is 0 Å². The Morgan fingerprint density at radius 3 is 0.815 bits per heavy atom. The first-order chi connectivity index (χ1) is 31.9. The maximum Gasteiger partial charge on any atom is 0.305 e. The van der Waals surface area contributed by atoms with Crippen molar-refractivity contribution >= 4 is 17.9 Å². The second-order valence-corrected chi connectivity index (χ2v) is 19.4. The molecule has 0 heterocycles. The zero-order valence-electron chi connectivity index (χ0n) is 43.5. The molecule has 65 heavy (non-hydrogen) atoms. The lowest BCUT2D eigenvalue weighted by atomic mass is 9.94. The fourth-order valence-electron chi connectivity index (χ4n) is 7.87. The van der Waals surface area contributed by atoms with Crippen molar-refractivity contribution in [1.82, 2.24) is 0 Å². The second kappa shape index (κ2) is 50.8. The van der Waals surface area contributed by atoms with Gasteiger partial charge in [-0.25, -0.2) is 0 Å². The lowest BCUT2D eigenvalue weighted by Gasteiger charge is -2.28. The predicted molar refractivity (Wildman–Crippen MR) is 279 cm³/mol. The molecular formula is C59H106O6. The van der Waals surface area contributed by atoms with Crippen molar-refractivity contribution in [2.24, 2.45) is 5.41 Å². The number of ether oxygens (including phenoxy) is 3. The van der Waals surface area contributed by atoms with Gasteiger partial charge in [0.2, 0.25) is 0 Å². The fourth-order valence-corrected chi connectivity index (χ4v) is 7.87. The van der Waals surface area contributed by atoms with E-state index >= 15 is 0 Å². The van der Waals surface area contributed by atoms with Gasteiger partial charge in [0.25, 0.3) is 0 Å². The summed E-state index contributed by atoms with van der Waals surface area (Å²) in [6.45, 7) is 8.80. The monoisotopic (exact) mass is 911 g/mol. The van der Waals surface area contributed by atoms with E-state index in [1.165, 1.54) is 148 Å². The smallest absolute Gasteiger partial charge is 0.305 e. The van der Waals surface area contributed by atoms with E-state index in [2.05, 4.69) is 69.4 Å². The first-order valence-corrected chi connectivity index (χ1v) is 27.9. The highest BCUT2D eigenvalue weighted by Crippen LogP contribution is 2.21.